The van der Waals surface area contributed by atoms with E-state index in [4.69, 9.17) is 11.6 Å². The standard InChI is InChI=1S/C14H15ClN4O3/c1-2-3-6-9-7-4-5-8-10(9)16-14(20)12-11(15)13(18-17-12)19(21)22/h4-5,7-8H,2-3,6H2,1H3,(H,16,20)(H,17,18). The number of hydrogen-bond donors (Lipinski definition) is 2. The Kier molecular flexibility index (Phi) is 5.11. The number of nitrogens with zero attached hydrogens (tertiary/aromatic N) is 2. The lowest BCUT2D eigenvalue weighted by atomic mass is 10.1. The van der Waals surface area contributed by atoms with Crippen molar-refractivity contribution in [2.75, 3.05) is 5.32 Å². The van der Waals surface area contributed by atoms with E-state index in [0.29, 0.717) is 5.69 Å². The van der Waals surface area contributed by atoms with Gasteiger partial charge in [0.25, 0.3) is 5.91 Å². The predicted molar refractivity (Wildman–Crippen MR) is 83.3 cm³/mol. The number of benzene rings is 1. The Labute approximate surface area is 131 Å². The lowest BCUT2D eigenvalue weighted by Gasteiger charge is -2.09. The van der Waals surface area contributed by atoms with Crippen LogP contribution >= 0.6 is 11.6 Å². The molecule has 0 fully saturated rings. The molecule has 7 nitrogen and oxygen atoms in total. The van der Waals surface area contributed by atoms with Crippen molar-refractivity contribution >= 4 is 29.0 Å². The molecule has 0 unspecified atom stereocenters. The van der Waals surface area contributed by atoms with Gasteiger partial charge in [-0.1, -0.05) is 48.2 Å². The minimum atomic E-state index is -0.721. The van der Waals surface area contributed by atoms with Crippen LogP contribution in [-0.4, -0.2) is 21.0 Å². The summed E-state index contributed by atoms with van der Waals surface area (Å²) in [5, 5.41) is 18.9. The van der Waals surface area contributed by atoms with Gasteiger partial charge in [0.05, 0.1) is 0 Å². The molecule has 1 amide bonds. The third-order valence-corrected chi connectivity index (χ3v) is 3.51. The number of halogens is 1. The summed E-state index contributed by atoms with van der Waals surface area (Å²) in [6.45, 7) is 2.09. The van der Waals surface area contributed by atoms with Crippen molar-refractivity contribution in [2.45, 2.75) is 26.2 Å². The van der Waals surface area contributed by atoms with Crippen LogP contribution in [0, 0.1) is 10.1 Å². The smallest absolute Gasteiger partial charge is 0.358 e. The topological polar surface area (TPSA) is 101 Å². The van der Waals surface area contributed by atoms with Gasteiger partial charge in [0.15, 0.2) is 10.7 Å². The lowest BCUT2D eigenvalue weighted by molar-refractivity contribution is -0.389. The first-order chi connectivity index (χ1) is 10.5. The van der Waals surface area contributed by atoms with Crippen LogP contribution in [0.4, 0.5) is 11.5 Å². The number of hydrogen-bond acceptors (Lipinski definition) is 4. The molecule has 0 saturated heterocycles. The van der Waals surface area contributed by atoms with Gasteiger partial charge in [-0.15, -0.1) is 5.10 Å². The quantitative estimate of drug-likeness (QED) is 0.627. The number of carbonyl (C=O) groups excluding carboxylic acids is 1. The van der Waals surface area contributed by atoms with E-state index < -0.39 is 16.6 Å². The van der Waals surface area contributed by atoms with Gasteiger partial charge in [-0.3, -0.25) is 4.79 Å². The van der Waals surface area contributed by atoms with Crippen LogP contribution in [0.2, 0.25) is 5.02 Å². The normalized spacial score (nSPS) is 10.5. The molecular weight excluding hydrogens is 308 g/mol. The first-order valence-electron chi connectivity index (χ1n) is 6.82. The average molecular weight is 323 g/mol. The second-order valence-corrected chi connectivity index (χ2v) is 5.08. The maximum absolute atomic E-state index is 12.2. The van der Waals surface area contributed by atoms with Crippen molar-refractivity contribution < 1.29 is 9.72 Å². The summed E-state index contributed by atoms with van der Waals surface area (Å²) >= 11 is 5.81. The molecule has 0 aliphatic carbocycles. The van der Waals surface area contributed by atoms with Gasteiger partial charge in [-0.05, 0) is 29.4 Å². The zero-order valence-electron chi connectivity index (χ0n) is 11.9. The van der Waals surface area contributed by atoms with E-state index in [-0.39, 0.29) is 10.7 Å². The largest absolute Gasteiger partial charge is 0.362 e. The van der Waals surface area contributed by atoms with E-state index >= 15 is 0 Å². The van der Waals surface area contributed by atoms with Crippen LogP contribution < -0.4 is 5.32 Å². The van der Waals surface area contributed by atoms with Gasteiger partial charge in [-0.2, -0.15) is 0 Å². The van der Waals surface area contributed by atoms with Crippen LogP contribution in [-0.2, 0) is 6.42 Å². The predicted octanol–water partition coefficient (Wildman–Crippen LogP) is 3.57. The molecule has 1 heterocycles. The van der Waals surface area contributed by atoms with Crippen molar-refractivity contribution in [1.29, 1.82) is 0 Å². The number of anilines is 1. The summed E-state index contributed by atoms with van der Waals surface area (Å²) in [4.78, 5) is 22.2. The van der Waals surface area contributed by atoms with Gasteiger partial charge >= 0.3 is 5.82 Å². The molecule has 0 atom stereocenters. The number of aryl methyl sites for hydroxylation is 1. The summed E-state index contributed by atoms with van der Waals surface area (Å²) in [7, 11) is 0. The molecule has 2 aromatic rings. The molecule has 0 spiro atoms. The van der Waals surface area contributed by atoms with Crippen LogP contribution in [0.5, 0.6) is 0 Å². The summed E-state index contributed by atoms with van der Waals surface area (Å²) in [5.41, 5.74) is 1.46. The van der Waals surface area contributed by atoms with Crippen molar-refractivity contribution in [2.24, 2.45) is 0 Å². The third-order valence-electron chi connectivity index (χ3n) is 3.15. The fourth-order valence-electron chi connectivity index (χ4n) is 2.00. The SMILES string of the molecule is CCCCc1ccccc1NC(=O)c1n[nH]c([N+](=O)[O-])c1Cl. The zero-order chi connectivity index (χ0) is 16.1. The third kappa shape index (κ3) is 3.43. The summed E-state index contributed by atoms with van der Waals surface area (Å²) in [6.07, 6.45) is 2.88. The van der Waals surface area contributed by atoms with Crippen molar-refractivity contribution in [3.05, 3.63) is 50.7 Å². The number of rotatable bonds is 6. The van der Waals surface area contributed by atoms with Gasteiger partial charge < -0.3 is 15.4 Å². The highest BCUT2D eigenvalue weighted by atomic mass is 35.5. The molecule has 0 bridgehead atoms. The minimum absolute atomic E-state index is 0.196. The molecule has 116 valence electrons. The number of aromatic amines is 1. The number of para-hydroxylation sites is 1. The van der Waals surface area contributed by atoms with E-state index in [1.807, 2.05) is 12.1 Å². The Bertz CT molecular complexity index is 699. The van der Waals surface area contributed by atoms with E-state index in [1.165, 1.54) is 0 Å². The number of H-pyrrole nitrogens is 1. The molecule has 1 aromatic carbocycles. The molecule has 8 heteroatoms. The van der Waals surface area contributed by atoms with E-state index in [1.54, 1.807) is 12.1 Å². The molecule has 0 aliphatic rings. The van der Waals surface area contributed by atoms with Gasteiger partial charge in [0, 0.05) is 5.69 Å². The van der Waals surface area contributed by atoms with Crippen LogP contribution in [0.3, 0.4) is 0 Å². The first kappa shape index (κ1) is 16.0. The minimum Gasteiger partial charge on any atom is -0.358 e. The van der Waals surface area contributed by atoms with Crippen molar-refractivity contribution in [3.63, 3.8) is 0 Å². The van der Waals surface area contributed by atoms with Crippen LogP contribution in [0.25, 0.3) is 0 Å². The number of amides is 1. The molecule has 2 rings (SSSR count). The second-order valence-electron chi connectivity index (χ2n) is 4.71. The number of carbonyl (C=O) groups is 1. The molecule has 1 aromatic heterocycles. The summed E-state index contributed by atoms with van der Waals surface area (Å²) < 4.78 is 0. The Balaban J connectivity index is 2.21. The molecule has 2 N–H and O–H groups in total. The van der Waals surface area contributed by atoms with Crippen molar-refractivity contribution in [3.8, 4) is 0 Å². The van der Waals surface area contributed by atoms with E-state index in [9.17, 15) is 14.9 Å². The average Bonchev–Trinajstić information content (AvgIpc) is 2.88. The highest BCUT2D eigenvalue weighted by Gasteiger charge is 2.25. The van der Waals surface area contributed by atoms with E-state index in [0.717, 1.165) is 24.8 Å². The van der Waals surface area contributed by atoms with Gasteiger partial charge in [0.2, 0.25) is 0 Å². The zero-order valence-corrected chi connectivity index (χ0v) is 12.7. The Hall–Kier alpha value is -2.41. The lowest BCUT2D eigenvalue weighted by Crippen LogP contribution is -2.14. The van der Waals surface area contributed by atoms with Crippen LogP contribution in [0.15, 0.2) is 24.3 Å². The number of aromatic nitrogens is 2. The highest BCUT2D eigenvalue weighted by Crippen LogP contribution is 2.26. The molecule has 0 radical (unpaired) electrons. The Morgan fingerprint density at radius 3 is 2.82 bits per heavy atom. The Morgan fingerprint density at radius 2 is 2.18 bits per heavy atom. The molecule has 0 saturated carbocycles. The highest BCUT2D eigenvalue weighted by molar-refractivity contribution is 6.35. The Morgan fingerprint density at radius 1 is 1.45 bits per heavy atom. The number of nitro groups is 1. The maximum Gasteiger partial charge on any atom is 0.362 e. The molecule has 22 heavy (non-hydrogen) atoms. The van der Waals surface area contributed by atoms with Crippen LogP contribution in [0.1, 0.15) is 35.8 Å². The number of unbranched alkanes of at least 4 members (excludes halogenated alkanes) is 1. The van der Waals surface area contributed by atoms with Gasteiger partial charge in [0.1, 0.15) is 0 Å². The van der Waals surface area contributed by atoms with E-state index in [2.05, 4.69) is 22.4 Å². The summed E-state index contributed by atoms with van der Waals surface area (Å²) in [5.74, 6) is -1.08. The second kappa shape index (κ2) is 7.04. The molecular formula is C14H15ClN4O3. The summed E-state index contributed by atoms with van der Waals surface area (Å²) in [6, 6.07) is 7.41. The fourth-order valence-corrected chi connectivity index (χ4v) is 2.24. The monoisotopic (exact) mass is 322 g/mol. The first-order valence-corrected chi connectivity index (χ1v) is 7.20. The number of nitrogens with one attached hydrogen (secondary N) is 2. The van der Waals surface area contributed by atoms with Gasteiger partial charge in [-0.25, -0.2) is 0 Å². The molecule has 0 aliphatic heterocycles. The maximum atomic E-state index is 12.2. The van der Waals surface area contributed by atoms with Crippen molar-refractivity contribution in [1.82, 2.24) is 10.2 Å². The fraction of sp³-hybridized carbons (Fsp3) is 0.286.